The van der Waals surface area contributed by atoms with E-state index in [0.717, 1.165) is 64.2 Å². The first-order valence-electron chi connectivity index (χ1n) is 11.3. The van der Waals surface area contributed by atoms with Crippen LogP contribution in [0, 0.1) is 5.92 Å². The van der Waals surface area contributed by atoms with Crippen molar-refractivity contribution in [3.05, 3.63) is 35.4 Å². The van der Waals surface area contributed by atoms with Gasteiger partial charge >= 0.3 is 0 Å². The third kappa shape index (κ3) is 9.08. The third-order valence-electron chi connectivity index (χ3n) is 6.04. The molecule has 2 N–H and O–H groups in total. The fourth-order valence-electron chi connectivity index (χ4n) is 3.98. The second kappa shape index (κ2) is 14.2. The molecule has 0 atom stereocenters. The molecule has 2 fully saturated rings. The molecular formula is C23H40IN5O. The van der Waals surface area contributed by atoms with Gasteiger partial charge in [-0.2, -0.15) is 0 Å². The summed E-state index contributed by atoms with van der Waals surface area (Å²) < 4.78 is 5.42. The van der Waals surface area contributed by atoms with E-state index in [2.05, 4.69) is 56.6 Å². The van der Waals surface area contributed by atoms with E-state index in [-0.39, 0.29) is 24.0 Å². The van der Waals surface area contributed by atoms with Gasteiger partial charge in [-0.05, 0) is 55.9 Å². The van der Waals surface area contributed by atoms with Crippen LogP contribution in [0.25, 0.3) is 0 Å². The second-order valence-electron chi connectivity index (χ2n) is 8.44. The average molecular weight is 530 g/mol. The first kappa shape index (κ1) is 25.4. The molecule has 1 aromatic carbocycles. The SMILES string of the molecule is CN=C(NCCCN1CCC(C)CC1)NCc1ccc(CN2CCOCC2)cc1.I. The highest BCUT2D eigenvalue weighted by Gasteiger charge is 2.14. The lowest BCUT2D eigenvalue weighted by Gasteiger charge is -2.30. The minimum absolute atomic E-state index is 0. The molecule has 0 radical (unpaired) electrons. The molecule has 30 heavy (non-hydrogen) atoms. The maximum absolute atomic E-state index is 5.42. The number of piperidine rings is 1. The summed E-state index contributed by atoms with van der Waals surface area (Å²) in [6, 6.07) is 8.91. The Morgan fingerprint density at radius 2 is 1.67 bits per heavy atom. The highest BCUT2D eigenvalue weighted by Crippen LogP contribution is 2.15. The molecule has 0 saturated carbocycles. The first-order valence-corrected chi connectivity index (χ1v) is 11.3. The predicted octanol–water partition coefficient (Wildman–Crippen LogP) is 2.92. The Morgan fingerprint density at radius 1 is 1.00 bits per heavy atom. The monoisotopic (exact) mass is 529 g/mol. The van der Waals surface area contributed by atoms with Crippen LogP contribution >= 0.6 is 24.0 Å². The van der Waals surface area contributed by atoms with Crippen molar-refractivity contribution >= 4 is 29.9 Å². The number of benzene rings is 1. The van der Waals surface area contributed by atoms with Crippen LogP contribution in [0.1, 0.15) is 37.3 Å². The zero-order valence-electron chi connectivity index (χ0n) is 18.7. The van der Waals surface area contributed by atoms with Crippen LogP contribution in [0.4, 0.5) is 0 Å². The molecule has 0 spiro atoms. The van der Waals surface area contributed by atoms with Crippen molar-refractivity contribution in [1.82, 2.24) is 20.4 Å². The van der Waals surface area contributed by atoms with Crippen molar-refractivity contribution < 1.29 is 4.74 Å². The van der Waals surface area contributed by atoms with Gasteiger partial charge < -0.3 is 20.3 Å². The number of ether oxygens (including phenoxy) is 1. The topological polar surface area (TPSA) is 52.1 Å². The number of guanidine groups is 1. The number of hydrogen-bond donors (Lipinski definition) is 2. The highest BCUT2D eigenvalue weighted by atomic mass is 127. The second-order valence-corrected chi connectivity index (χ2v) is 8.44. The fraction of sp³-hybridized carbons (Fsp3) is 0.696. The number of rotatable bonds is 8. The van der Waals surface area contributed by atoms with Crippen molar-refractivity contribution in [2.75, 3.05) is 59.5 Å². The number of aliphatic imine (C=N–C) groups is 1. The minimum Gasteiger partial charge on any atom is -0.379 e. The molecule has 0 aromatic heterocycles. The Morgan fingerprint density at radius 3 is 2.33 bits per heavy atom. The van der Waals surface area contributed by atoms with Gasteiger partial charge in [0.25, 0.3) is 0 Å². The molecule has 0 aliphatic carbocycles. The highest BCUT2D eigenvalue weighted by molar-refractivity contribution is 14.0. The van der Waals surface area contributed by atoms with E-state index in [1.807, 2.05) is 7.05 Å². The Balaban J connectivity index is 0.00000320. The summed E-state index contributed by atoms with van der Waals surface area (Å²) in [4.78, 5) is 9.40. The Kier molecular flexibility index (Phi) is 12.0. The molecule has 6 nitrogen and oxygen atoms in total. The van der Waals surface area contributed by atoms with Gasteiger partial charge in [-0.15, -0.1) is 24.0 Å². The maximum Gasteiger partial charge on any atom is 0.191 e. The summed E-state index contributed by atoms with van der Waals surface area (Å²) >= 11 is 0. The Bertz CT molecular complexity index is 611. The number of halogens is 1. The number of hydrogen-bond acceptors (Lipinski definition) is 4. The van der Waals surface area contributed by atoms with Gasteiger partial charge in [0.2, 0.25) is 0 Å². The number of morpholine rings is 1. The van der Waals surface area contributed by atoms with Crippen LogP contribution < -0.4 is 10.6 Å². The molecule has 2 aliphatic heterocycles. The van der Waals surface area contributed by atoms with E-state index in [4.69, 9.17) is 4.74 Å². The molecule has 2 heterocycles. The van der Waals surface area contributed by atoms with Crippen LogP contribution in [0.3, 0.4) is 0 Å². The molecule has 0 bridgehead atoms. The summed E-state index contributed by atoms with van der Waals surface area (Å²) in [5, 5.41) is 6.88. The quantitative estimate of drug-likeness (QED) is 0.235. The van der Waals surface area contributed by atoms with E-state index in [1.165, 1.54) is 43.6 Å². The summed E-state index contributed by atoms with van der Waals surface area (Å²) in [7, 11) is 1.84. The maximum atomic E-state index is 5.42. The van der Waals surface area contributed by atoms with Gasteiger partial charge in [-0.25, -0.2) is 0 Å². The van der Waals surface area contributed by atoms with Crippen molar-refractivity contribution in [1.29, 1.82) is 0 Å². The standard InChI is InChI=1S/C23H39N5O.HI/c1-20-8-12-27(13-9-20)11-3-10-25-23(24-2)26-18-21-4-6-22(7-5-21)19-28-14-16-29-17-15-28;/h4-7,20H,3,8-19H2,1-2H3,(H2,24,25,26);1H. The van der Waals surface area contributed by atoms with Crippen LogP contribution in [0.2, 0.25) is 0 Å². The molecule has 2 aliphatic rings. The van der Waals surface area contributed by atoms with E-state index >= 15 is 0 Å². The molecule has 0 unspecified atom stereocenters. The zero-order valence-corrected chi connectivity index (χ0v) is 21.1. The minimum atomic E-state index is 0. The normalized spacial score (nSPS) is 19.3. The summed E-state index contributed by atoms with van der Waals surface area (Å²) in [5.41, 5.74) is 2.64. The molecule has 0 amide bonds. The van der Waals surface area contributed by atoms with Crippen LogP contribution in [-0.4, -0.2) is 75.3 Å². The van der Waals surface area contributed by atoms with Crippen LogP contribution in [0.15, 0.2) is 29.3 Å². The van der Waals surface area contributed by atoms with E-state index in [0.29, 0.717) is 0 Å². The van der Waals surface area contributed by atoms with Crippen LogP contribution in [-0.2, 0) is 17.8 Å². The molecular weight excluding hydrogens is 489 g/mol. The molecule has 1 aromatic rings. The van der Waals surface area contributed by atoms with Crippen molar-refractivity contribution in [3.63, 3.8) is 0 Å². The molecule has 170 valence electrons. The molecule has 3 rings (SSSR count). The van der Waals surface area contributed by atoms with E-state index < -0.39 is 0 Å². The molecule has 7 heteroatoms. The van der Waals surface area contributed by atoms with E-state index in [9.17, 15) is 0 Å². The van der Waals surface area contributed by atoms with Gasteiger partial charge in [-0.3, -0.25) is 9.89 Å². The smallest absolute Gasteiger partial charge is 0.191 e. The van der Waals surface area contributed by atoms with Gasteiger partial charge in [0, 0.05) is 39.8 Å². The number of nitrogens with zero attached hydrogens (tertiary/aromatic N) is 3. The summed E-state index contributed by atoms with van der Waals surface area (Å²) in [6.45, 7) is 12.6. The first-order chi connectivity index (χ1) is 14.2. The Labute approximate surface area is 199 Å². The van der Waals surface area contributed by atoms with Crippen molar-refractivity contribution in [2.45, 2.75) is 39.3 Å². The van der Waals surface area contributed by atoms with Crippen molar-refractivity contribution in [3.8, 4) is 0 Å². The largest absolute Gasteiger partial charge is 0.379 e. The number of nitrogens with one attached hydrogen (secondary N) is 2. The summed E-state index contributed by atoms with van der Waals surface area (Å²) in [5.74, 6) is 1.79. The van der Waals surface area contributed by atoms with Crippen LogP contribution in [0.5, 0.6) is 0 Å². The van der Waals surface area contributed by atoms with Gasteiger partial charge in [0.15, 0.2) is 5.96 Å². The third-order valence-corrected chi connectivity index (χ3v) is 6.04. The van der Waals surface area contributed by atoms with Gasteiger partial charge in [-0.1, -0.05) is 31.2 Å². The van der Waals surface area contributed by atoms with Gasteiger partial charge in [0.1, 0.15) is 0 Å². The summed E-state index contributed by atoms with van der Waals surface area (Å²) in [6.07, 6.45) is 3.86. The van der Waals surface area contributed by atoms with Gasteiger partial charge in [0.05, 0.1) is 13.2 Å². The lowest BCUT2D eigenvalue weighted by atomic mass is 9.99. The Hall–Kier alpha value is -0.900. The fourth-order valence-corrected chi connectivity index (χ4v) is 3.98. The lowest BCUT2D eigenvalue weighted by Crippen LogP contribution is -2.39. The molecule has 2 saturated heterocycles. The average Bonchev–Trinajstić information content (AvgIpc) is 2.76. The number of likely N-dealkylation sites (tertiary alicyclic amines) is 1. The van der Waals surface area contributed by atoms with E-state index in [1.54, 1.807) is 0 Å². The van der Waals surface area contributed by atoms with Crippen molar-refractivity contribution in [2.24, 2.45) is 10.9 Å². The lowest BCUT2D eigenvalue weighted by molar-refractivity contribution is 0.0342. The predicted molar refractivity (Wildman–Crippen MR) is 136 cm³/mol. The zero-order chi connectivity index (χ0) is 20.3.